The van der Waals surface area contributed by atoms with Crippen molar-refractivity contribution in [2.45, 2.75) is 19.2 Å². The van der Waals surface area contributed by atoms with E-state index in [1.807, 2.05) is 0 Å². The number of tetrazole rings is 1. The summed E-state index contributed by atoms with van der Waals surface area (Å²) in [4.78, 5) is 0. The Bertz CT molecular complexity index is 967. The zero-order chi connectivity index (χ0) is 18.0. The van der Waals surface area contributed by atoms with E-state index in [2.05, 4.69) is 20.7 Å². The molecule has 0 bridgehead atoms. The van der Waals surface area contributed by atoms with Crippen LogP contribution in [0.25, 0.3) is 5.69 Å². The summed E-state index contributed by atoms with van der Waals surface area (Å²) in [5, 5.41) is 14.9. The molecule has 1 aromatic carbocycles. The maximum atomic E-state index is 13.0. The van der Waals surface area contributed by atoms with Crippen LogP contribution in [0.5, 0.6) is 0 Å². The predicted molar refractivity (Wildman–Crippen MR) is 84.4 cm³/mol. The summed E-state index contributed by atoms with van der Waals surface area (Å²) in [7, 11) is -2.22. The van der Waals surface area contributed by atoms with Gasteiger partial charge in [0.25, 0.3) is 0 Å². The van der Waals surface area contributed by atoms with E-state index in [0.29, 0.717) is 23.0 Å². The molecule has 2 aromatic heterocycles. The van der Waals surface area contributed by atoms with E-state index >= 15 is 0 Å². The maximum Gasteiger partial charge on any atom is 0.220 e. The second-order valence-electron chi connectivity index (χ2n) is 5.42. The van der Waals surface area contributed by atoms with Crippen LogP contribution < -0.4 is 0 Å². The minimum absolute atomic E-state index is 0.0520. The van der Waals surface area contributed by atoms with Crippen LogP contribution in [0, 0.1) is 12.7 Å². The molecule has 3 rings (SSSR count). The Balaban J connectivity index is 1.78. The highest BCUT2D eigenvalue weighted by Gasteiger charge is 2.23. The summed E-state index contributed by atoms with van der Waals surface area (Å²) in [6.07, 6.45) is 0. The maximum absolute atomic E-state index is 13.0. The molecular formula is C14H15FN6O3S. The fourth-order valence-corrected chi connectivity index (χ4v) is 3.21. The Morgan fingerprint density at radius 1 is 1.28 bits per heavy atom. The molecule has 3 aromatic rings. The first kappa shape index (κ1) is 17.2. The first-order valence-corrected chi connectivity index (χ1v) is 8.85. The molecule has 0 fully saturated rings. The third-order valence-electron chi connectivity index (χ3n) is 3.45. The van der Waals surface area contributed by atoms with Gasteiger partial charge in [-0.2, -0.15) is 8.99 Å². The van der Waals surface area contributed by atoms with E-state index in [1.165, 1.54) is 36.0 Å². The van der Waals surface area contributed by atoms with Crippen molar-refractivity contribution in [3.05, 3.63) is 53.4 Å². The zero-order valence-corrected chi connectivity index (χ0v) is 14.3. The van der Waals surface area contributed by atoms with Crippen molar-refractivity contribution < 1.29 is 17.3 Å². The summed E-state index contributed by atoms with van der Waals surface area (Å²) in [6, 6.07) is 7.11. The summed E-state index contributed by atoms with van der Waals surface area (Å²) in [6.45, 7) is 1.63. The van der Waals surface area contributed by atoms with Gasteiger partial charge in [-0.15, -0.1) is 5.10 Å². The standard InChI is InChI=1S/C14H15FN6O3S/c1-10-7-12(17-24-10)9-25(22,23)20(2)8-14-16-18-19-21(14)13-5-3-11(15)4-6-13/h3-7H,8-9H2,1-2H3. The molecule has 0 aliphatic heterocycles. The molecule has 0 saturated heterocycles. The zero-order valence-electron chi connectivity index (χ0n) is 13.5. The number of nitrogens with zero attached hydrogens (tertiary/aromatic N) is 6. The third-order valence-corrected chi connectivity index (χ3v) is 5.19. The number of hydrogen-bond donors (Lipinski definition) is 0. The predicted octanol–water partition coefficient (Wildman–Crippen LogP) is 1.06. The molecule has 9 nitrogen and oxygen atoms in total. The van der Waals surface area contributed by atoms with Crippen LogP contribution in [0.15, 0.2) is 34.9 Å². The van der Waals surface area contributed by atoms with Crippen LogP contribution in [-0.4, -0.2) is 45.1 Å². The lowest BCUT2D eigenvalue weighted by Gasteiger charge is -2.15. The Morgan fingerprint density at radius 2 is 2.00 bits per heavy atom. The van der Waals surface area contributed by atoms with Crippen LogP contribution in [0.4, 0.5) is 4.39 Å². The summed E-state index contributed by atoms with van der Waals surface area (Å²) >= 11 is 0. The topological polar surface area (TPSA) is 107 Å². The van der Waals surface area contributed by atoms with Gasteiger partial charge in [-0.05, 0) is 41.6 Å². The van der Waals surface area contributed by atoms with Crippen molar-refractivity contribution >= 4 is 10.0 Å². The lowest BCUT2D eigenvalue weighted by molar-refractivity contribution is 0.391. The highest BCUT2D eigenvalue weighted by atomic mass is 32.2. The monoisotopic (exact) mass is 366 g/mol. The molecule has 25 heavy (non-hydrogen) atoms. The first-order valence-electron chi connectivity index (χ1n) is 7.24. The lowest BCUT2D eigenvalue weighted by Crippen LogP contribution is -2.29. The van der Waals surface area contributed by atoms with Crippen molar-refractivity contribution in [2.75, 3.05) is 7.05 Å². The number of aromatic nitrogens is 5. The molecule has 0 aliphatic carbocycles. The molecule has 132 valence electrons. The Labute approximate surface area is 143 Å². The van der Waals surface area contributed by atoms with Gasteiger partial charge < -0.3 is 4.52 Å². The fourth-order valence-electron chi connectivity index (χ4n) is 2.17. The normalized spacial score (nSPS) is 12.0. The molecule has 0 amide bonds. The molecular weight excluding hydrogens is 351 g/mol. The van der Waals surface area contributed by atoms with Gasteiger partial charge in [0.05, 0.1) is 12.2 Å². The largest absolute Gasteiger partial charge is 0.361 e. The van der Waals surface area contributed by atoms with Crippen LogP contribution >= 0.6 is 0 Å². The van der Waals surface area contributed by atoms with Crippen molar-refractivity contribution in [3.63, 3.8) is 0 Å². The van der Waals surface area contributed by atoms with E-state index < -0.39 is 10.0 Å². The first-order chi connectivity index (χ1) is 11.8. The van der Waals surface area contributed by atoms with Gasteiger partial charge >= 0.3 is 0 Å². The molecule has 0 saturated carbocycles. The lowest BCUT2D eigenvalue weighted by atomic mass is 10.3. The average molecular weight is 366 g/mol. The number of benzene rings is 1. The fraction of sp³-hybridized carbons (Fsp3) is 0.286. The summed E-state index contributed by atoms with van der Waals surface area (Å²) in [5.41, 5.74) is 0.849. The smallest absolute Gasteiger partial charge is 0.220 e. The minimum atomic E-state index is -3.64. The molecule has 11 heteroatoms. The second kappa shape index (κ2) is 6.69. The van der Waals surface area contributed by atoms with Gasteiger partial charge in [0, 0.05) is 13.1 Å². The highest BCUT2D eigenvalue weighted by molar-refractivity contribution is 7.88. The molecule has 0 aliphatic rings. The van der Waals surface area contributed by atoms with Gasteiger partial charge in [0.2, 0.25) is 10.0 Å². The van der Waals surface area contributed by atoms with Crippen molar-refractivity contribution in [1.82, 2.24) is 29.7 Å². The Hall–Kier alpha value is -2.66. The van der Waals surface area contributed by atoms with E-state index in [9.17, 15) is 12.8 Å². The van der Waals surface area contributed by atoms with Crippen LogP contribution in [0.2, 0.25) is 0 Å². The van der Waals surface area contributed by atoms with E-state index in [1.54, 1.807) is 13.0 Å². The van der Waals surface area contributed by atoms with Crippen LogP contribution in [0.1, 0.15) is 17.3 Å². The van der Waals surface area contributed by atoms with Gasteiger partial charge in [0.1, 0.15) is 23.0 Å². The van der Waals surface area contributed by atoms with Gasteiger partial charge in [0.15, 0.2) is 5.82 Å². The molecule has 0 atom stereocenters. The number of sulfonamides is 1. The van der Waals surface area contributed by atoms with E-state index in [-0.39, 0.29) is 18.1 Å². The van der Waals surface area contributed by atoms with Gasteiger partial charge in [-0.25, -0.2) is 12.8 Å². The highest BCUT2D eigenvalue weighted by Crippen LogP contribution is 2.14. The number of aryl methyl sites for hydroxylation is 1. The van der Waals surface area contributed by atoms with Crippen LogP contribution in [-0.2, 0) is 22.3 Å². The molecule has 0 N–H and O–H groups in total. The van der Waals surface area contributed by atoms with Gasteiger partial charge in [-0.1, -0.05) is 5.16 Å². The minimum Gasteiger partial charge on any atom is -0.361 e. The summed E-state index contributed by atoms with van der Waals surface area (Å²) in [5.74, 6) is 0.155. The van der Waals surface area contributed by atoms with E-state index in [4.69, 9.17) is 4.52 Å². The number of rotatable bonds is 6. The second-order valence-corrected chi connectivity index (χ2v) is 7.50. The quantitative estimate of drug-likeness (QED) is 0.642. The Kier molecular flexibility index (Phi) is 4.59. The molecule has 0 radical (unpaired) electrons. The number of hydrogen-bond acceptors (Lipinski definition) is 7. The van der Waals surface area contributed by atoms with E-state index in [0.717, 1.165) is 4.31 Å². The van der Waals surface area contributed by atoms with Crippen molar-refractivity contribution in [1.29, 1.82) is 0 Å². The van der Waals surface area contributed by atoms with Crippen molar-refractivity contribution in [3.8, 4) is 5.69 Å². The number of halogens is 1. The average Bonchev–Trinajstić information content (AvgIpc) is 3.17. The molecule has 0 spiro atoms. The molecule has 0 unspecified atom stereocenters. The Morgan fingerprint density at radius 3 is 2.64 bits per heavy atom. The summed E-state index contributed by atoms with van der Waals surface area (Å²) < 4.78 is 45.3. The van der Waals surface area contributed by atoms with Crippen LogP contribution in [0.3, 0.4) is 0 Å². The molecule has 2 heterocycles. The SMILES string of the molecule is Cc1cc(CS(=O)(=O)N(C)Cc2nnnn2-c2ccc(F)cc2)no1. The van der Waals surface area contributed by atoms with Gasteiger partial charge in [-0.3, -0.25) is 0 Å². The third kappa shape index (κ3) is 3.88. The van der Waals surface area contributed by atoms with Crippen molar-refractivity contribution in [2.24, 2.45) is 0 Å².